The Morgan fingerprint density at radius 1 is 1.15 bits per heavy atom. The molecule has 3 rings (SSSR count). The van der Waals surface area contributed by atoms with E-state index in [0.717, 1.165) is 43.6 Å². The quantitative estimate of drug-likeness (QED) is 0.688. The number of benzene rings is 2. The molecule has 5 nitrogen and oxygen atoms in total. The van der Waals surface area contributed by atoms with Crippen molar-refractivity contribution in [2.24, 2.45) is 0 Å². The molecule has 1 saturated heterocycles. The SMILES string of the molecule is Cc1cccc(N2CCN(CCCNC(=O)c3cc(Br)ccc3O)CC2)c1. The van der Waals surface area contributed by atoms with Crippen LogP contribution in [0.25, 0.3) is 0 Å². The van der Waals surface area contributed by atoms with Crippen molar-refractivity contribution in [3.05, 3.63) is 58.1 Å². The van der Waals surface area contributed by atoms with Crippen LogP contribution in [0.1, 0.15) is 22.3 Å². The third-order valence-corrected chi connectivity index (χ3v) is 5.37. The zero-order valence-corrected chi connectivity index (χ0v) is 17.2. The van der Waals surface area contributed by atoms with Crippen LogP contribution in [-0.4, -0.2) is 55.2 Å². The summed E-state index contributed by atoms with van der Waals surface area (Å²) in [6, 6.07) is 13.5. The van der Waals surface area contributed by atoms with E-state index < -0.39 is 0 Å². The van der Waals surface area contributed by atoms with Crippen LogP contribution in [0.3, 0.4) is 0 Å². The van der Waals surface area contributed by atoms with Gasteiger partial charge in [-0.25, -0.2) is 0 Å². The van der Waals surface area contributed by atoms with Gasteiger partial charge in [0.2, 0.25) is 0 Å². The van der Waals surface area contributed by atoms with Crippen molar-refractivity contribution in [1.29, 1.82) is 0 Å². The number of nitrogens with zero attached hydrogens (tertiary/aromatic N) is 2. The first kappa shape index (κ1) is 19.7. The van der Waals surface area contributed by atoms with Crippen LogP contribution in [0.15, 0.2) is 46.9 Å². The van der Waals surface area contributed by atoms with Gasteiger partial charge in [-0.1, -0.05) is 28.1 Å². The molecule has 0 saturated carbocycles. The van der Waals surface area contributed by atoms with Gasteiger partial charge in [0.05, 0.1) is 5.56 Å². The van der Waals surface area contributed by atoms with Gasteiger partial charge < -0.3 is 15.3 Å². The minimum absolute atomic E-state index is 0.00275. The standard InChI is InChI=1S/C21H26BrN3O2/c1-16-4-2-5-18(14-16)25-12-10-24(11-13-25)9-3-8-23-21(27)19-15-17(22)6-7-20(19)26/h2,4-7,14-15,26H,3,8-13H2,1H3,(H,23,27). The van der Waals surface area contributed by atoms with E-state index in [-0.39, 0.29) is 11.7 Å². The smallest absolute Gasteiger partial charge is 0.255 e. The Labute approximate surface area is 169 Å². The van der Waals surface area contributed by atoms with Crippen molar-refractivity contribution in [3.8, 4) is 5.75 Å². The fraction of sp³-hybridized carbons (Fsp3) is 0.381. The molecule has 0 aliphatic carbocycles. The summed E-state index contributed by atoms with van der Waals surface area (Å²) in [5, 5.41) is 12.7. The van der Waals surface area contributed by atoms with Crippen LogP contribution in [0.2, 0.25) is 0 Å². The highest BCUT2D eigenvalue weighted by Gasteiger charge is 2.17. The second-order valence-corrected chi connectivity index (χ2v) is 7.85. The first-order valence-corrected chi connectivity index (χ1v) is 10.1. The second kappa shape index (κ2) is 9.24. The number of rotatable bonds is 6. The Balaban J connectivity index is 1.38. The Hall–Kier alpha value is -2.05. The van der Waals surface area contributed by atoms with E-state index in [1.54, 1.807) is 12.1 Å². The van der Waals surface area contributed by atoms with Crippen molar-refractivity contribution < 1.29 is 9.90 Å². The zero-order chi connectivity index (χ0) is 19.2. The molecule has 2 N–H and O–H groups in total. The normalized spacial score (nSPS) is 15.0. The van der Waals surface area contributed by atoms with Gasteiger partial charge in [-0.05, 0) is 55.8 Å². The summed E-state index contributed by atoms with van der Waals surface area (Å²) in [6.07, 6.45) is 0.894. The van der Waals surface area contributed by atoms with Gasteiger partial charge >= 0.3 is 0 Å². The zero-order valence-electron chi connectivity index (χ0n) is 15.6. The molecule has 1 amide bonds. The van der Waals surface area contributed by atoms with Crippen LogP contribution in [0.4, 0.5) is 5.69 Å². The van der Waals surface area contributed by atoms with Crippen LogP contribution in [-0.2, 0) is 0 Å². The summed E-state index contributed by atoms with van der Waals surface area (Å²) in [7, 11) is 0. The summed E-state index contributed by atoms with van der Waals surface area (Å²) in [4.78, 5) is 17.1. The van der Waals surface area contributed by atoms with E-state index in [1.165, 1.54) is 17.3 Å². The Kier molecular flexibility index (Phi) is 6.74. The minimum atomic E-state index is -0.238. The summed E-state index contributed by atoms with van der Waals surface area (Å²) in [5.74, 6) is -0.235. The van der Waals surface area contributed by atoms with Crippen molar-refractivity contribution in [1.82, 2.24) is 10.2 Å². The Morgan fingerprint density at radius 2 is 1.93 bits per heavy atom. The van der Waals surface area contributed by atoms with Gasteiger partial charge in [0.25, 0.3) is 5.91 Å². The van der Waals surface area contributed by atoms with Crippen molar-refractivity contribution in [3.63, 3.8) is 0 Å². The van der Waals surface area contributed by atoms with Gasteiger partial charge in [-0.15, -0.1) is 0 Å². The predicted molar refractivity (Wildman–Crippen MR) is 113 cm³/mol. The number of phenolic OH excluding ortho intramolecular Hbond substituents is 1. The molecule has 27 heavy (non-hydrogen) atoms. The molecule has 1 heterocycles. The van der Waals surface area contributed by atoms with E-state index in [1.807, 2.05) is 0 Å². The number of nitrogens with one attached hydrogen (secondary N) is 1. The van der Waals surface area contributed by atoms with Gasteiger partial charge in [-0.2, -0.15) is 0 Å². The van der Waals surface area contributed by atoms with E-state index in [9.17, 15) is 9.90 Å². The van der Waals surface area contributed by atoms with Gasteiger partial charge in [-0.3, -0.25) is 9.69 Å². The predicted octanol–water partition coefficient (Wildman–Crippen LogP) is 3.41. The lowest BCUT2D eigenvalue weighted by Gasteiger charge is -2.36. The number of hydrogen-bond donors (Lipinski definition) is 2. The molecule has 1 aliphatic heterocycles. The molecular formula is C21H26BrN3O2. The van der Waals surface area contributed by atoms with Crippen LogP contribution >= 0.6 is 15.9 Å². The van der Waals surface area contributed by atoms with Crippen molar-refractivity contribution in [2.45, 2.75) is 13.3 Å². The number of hydrogen-bond acceptors (Lipinski definition) is 4. The minimum Gasteiger partial charge on any atom is -0.507 e. The molecule has 1 fully saturated rings. The maximum atomic E-state index is 12.2. The lowest BCUT2D eigenvalue weighted by Crippen LogP contribution is -2.47. The van der Waals surface area contributed by atoms with Crippen LogP contribution in [0, 0.1) is 6.92 Å². The van der Waals surface area contributed by atoms with E-state index in [2.05, 4.69) is 62.2 Å². The summed E-state index contributed by atoms with van der Waals surface area (Å²) in [6.45, 7) is 7.82. The van der Waals surface area contributed by atoms with Crippen molar-refractivity contribution in [2.75, 3.05) is 44.2 Å². The number of carbonyl (C=O) groups excluding carboxylic acids is 1. The van der Waals surface area contributed by atoms with E-state index in [0.29, 0.717) is 12.1 Å². The monoisotopic (exact) mass is 431 g/mol. The fourth-order valence-corrected chi connectivity index (χ4v) is 3.71. The van der Waals surface area contributed by atoms with Gasteiger partial charge in [0, 0.05) is 42.9 Å². The highest BCUT2D eigenvalue weighted by molar-refractivity contribution is 9.10. The number of carbonyl (C=O) groups is 1. The van der Waals surface area contributed by atoms with E-state index in [4.69, 9.17) is 0 Å². The first-order valence-electron chi connectivity index (χ1n) is 9.33. The first-order chi connectivity index (χ1) is 13.0. The molecule has 0 unspecified atom stereocenters. The molecule has 1 aliphatic rings. The average molecular weight is 432 g/mol. The molecule has 0 spiro atoms. The summed E-state index contributed by atoms with van der Waals surface area (Å²) < 4.78 is 0.775. The van der Waals surface area contributed by atoms with Crippen molar-refractivity contribution >= 4 is 27.5 Å². The number of phenols is 1. The number of aryl methyl sites for hydroxylation is 1. The molecule has 144 valence electrons. The lowest BCUT2D eigenvalue weighted by atomic mass is 10.2. The number of halogens is 1. The van der Waals surface area contributed by atoms with Crippen LogP contribution < -0.4 is 10.2 Å². The fourth-order valence-electron chi connectivity index (χ4n) is 3.34. The molecule has 2 aromatic rings. The highest BCUT2D eigenvalue weighted by atomic mass is 79.9. The van der Waals surface area contributed by atoms with Gasteiger partial charge in [0.1, 0.15) is 5.75 Å². The second-order valence-electron chi connectivity index (χ2n) is 6.94. The number of aromatic hydroxyl groups is 1. The average Bonchev–Trinajstić information content (AvgIpc) is 2.67. The number of anilines is 1. The third-order valence-electron chi connectivity index (χ3n) is 4.88. The molecule has 0 bridgehead atoms. The lowest BCUT2D eigenvalue weighted by molar-refractivity contribution is 0.0948. The molecule has 0 atom stereocenters. The largest absolute Gasteiger partial charge is 0.507 e. The highest BCUT2D eigenvalue weighted by Crippen LogP contribution is 2.21. The molecular weight excluding hydrogens is 406 g/mol. The summed E-state index contributed by atoms with van der Waals surface area (Å²) >= 11 is 3.32. The maximum Gasteiger partial charge on any atom is 0.255 e. The number of amides is 1. The third kappa shape index (κ3) is 5.47. The molecule has 0 aromatic heterocycles. The molecule has 6 heteroatoms. The summed E-state index contributed by atoms with van der Waals surface area (Å²) in [5.41, 5.74) is 2.90. The Morgan fingerprint density at radius 3 is 2.67 bits per heavy atom. The Bertz CT molecular complexity index is 789. The van der Waals surface area contributed by atoms with Crippen LogP contribution in [0.5, 0.6) is 5.75 Å². The maximum absolute atomic E-state index is 12.2. The van der Waals surface area contributed by atoms with Gasteiger partial charge in [0.15, 0.2) is 0 Å². The van der Waals surface area contributed by atoms with E-state index >= 15 is 0 Å². The number of piperazine rings is 1. The molecule has 0 radical (unpaired) electrons. The topological polar surface area (TPSA) is 55.8 Å². The molecule has 2 aromatic carbocycles.